The number of methoxy groups -OCH3 is 4. The van der Waals surface area contributed by atoms with E-state index in [1.54, 1.807) is 119 Å². The van der Waals surface area contributed by atoms with Gasteiger partial charge in [0.05, 0.1) is 33.7 Å². The fourth-order valence-corrected chi connectivity index (χ4v) is 5.10. The average Bonchev–Trinajstić information content (AvgIpc) is 3.08. The molecule has 10 nitrogen and oxygen atoms in total. The van der Waals surface area contributed by atoms with Gasteiger partial charge in [0.15, 0.2) is 0 Å². The van der Waals surface area contributed by atoms with E-state index in [4.69, 9.17) is 18.9 Å². The Kier molecular flexibility index (Phi) is 11.7. The molecule has 0 bridgehead atoms. The molecule has 0 radical (unpaired) electrons. The summed E-state index contributed by atoms with van der Waals surface area (Å²) in [4.78, 5) is 40.2. The van der Waals surface area contributed by atoms with Gasteiger partial charge in [-0.2, -0.15) is 0 Å². The van der Waals surface area contributed by atoms with Crippen LogP contribution >= 0.6 is 11.8 Å². The Morgan fingerprint density at radius 3 is 1.96 bits per heavy atom. The van der Waals surface area contributed by atoms with Crippen molar-refractivity contribution in [2.45, 2.75) is 17.1 Å². The van der Waals surface area contributed by atoms with Crippen LogP contribution in [0.2, 0.25) is 0 Å². The van der Waals surface area contributed by atoms with Crippen molar-refractivity contribution in [3.8, 4) is 23.0 Å². The summed E-state index contributed by atoms with van der Waals surface area (Å²) in [5.41, 5.74) is 2.02. The van der Waals surface area contributed by atoms with Gasteiger partial charge in [-0.25, -0.2) is 0 Å². The number of hydrogen-bond donors (Lipinski definition) is 3. The Labute approximate surface area is 272 Å². The van der Waals surface area contributed by atoms with Crippen LogP contribution < -0.4 is 34.9 Å². The second-order valence-corrected chi connectivity index (χ2v) is 11.2. The van der Waals surface area contributed by atoms with E-state index in [2.05, 4.69) is 16.0 Å². The Morgan fingerprint density at radius 2 is 1.35 bits per heavy atom. The number of hydrogen-bond acceptors (Lipinski definition) is 8. The highest BCUT2D eigenvalue weighted by Gasteiger charge is 2.18. The maximum absolute atomic E-state index is 13.5. The van der Waals surface area contributed by atoms with Crippen LogP contribution in [0.25, 0.3) is 6.08 Å². The molecule has 4 rings (SSSR count). The van der Waals surface area contributed by atoms with Crippen molar-refractivity contribution in [1.29, 1.82) is 0 Å². The normalized spacial score (nSPS) is 11.5. The summed E-state index contributed by atoms with van der Waals surface area (Å²) in [6.07, 6.45) is 1.54. The first-order valence-corrected chi connectivity index (χ1v) is 15.0. The molecule has 46 heavy (non-hydrogen) atoms. The molecule has 0 spiro atoms. The zero-order chi connectivity index (χ0) is 33.1. The van der Waals surface area contributed by atoms with Gasteiger partial charge < -0.3 is 34.9 Å². The molecular weight excluding hydrogens is 606 g/mol. The van der Waals surface area contributed by atoms with E-state index in [1.807, 2.05) is 0 Å². The highest BCUT2D eigenvalue weighted by molar-refractivity contribution is 8.00. The predicted octanol–water partition coefficient (Wildman–Crippen LogP) is 6.25. The molecule has 0 saturated heterocycles. The molecule has 0 fully saturated rings. The Morgan fingerprint density at radius 1 is 0.696 bits per heavy atom. The third-order valence-corrected chi connectivity index (χ3v) is 7.79. The molecule has 3 amide bonds. The van der Waals surface area contributed by atoms with Gasteiger partial charge in [-0.3, -0.25) is 14.4 Å². The monoisotopic (exact) mass is 641 g/mol. The number of nitrogens with one attached hydrogen (secondary N) is 3. The number of amides is 3. The summed E-state index contributed by atoms with van der Waals surface area (Å²) >= 11 is 1.36. The minimum Gasteiger partial charge on any atom is -0.497 e. The molecule has 0 aliphatic heterocycles. The van der Waals surface area contributed by atoms with Crippen molar-refractivity contribution in [3.05, 3.63) is 108 Å². The van der Waals surface area contributed by atoms with E-state index in [0.717, 1.165) is 4.90 Å². The maximum atomic E-state index is 13.5. The molecule has 0 aliphatic carbocycles. The van der Waals surface area contributed by atoms with Gasteiger partial charge in [-0.05, 0) is 61.5 Å². The summed E-state index contributed by atoms with van der Waals surface area (Å²) < 4.78 is 21.3. The quantitative estimate of drug-likeness (QED) is 0.116. The van der Waals surface area contributed by atoms with Gasteiger partial charge in [0, 0.05) is 51.7 Å². The molecule has 4 aromatic rings. The van der Waals surface area contributed by atoms with Crippen molar-refractivity contribution >= 4 is 46.9 Å². The summed E-state index contributed by atoms with van der Waals surface area (Å²) in [5.74, 6) is 0.990. The van der Waals surface area contributed by atoms with Crippen LogP contribution in [0.1, 0.15) is 22.8 Å². The van der Waals surface area contributed by atoms with E-state index in [1.165, 1.54) is 24.9 Å². The first-order chi connectivity index (χ1) is 22.2. The maximum Gasteiger partial charge on any atom is 0.272 e. The van der Waals surface area contributed by atoms with Gasteiger partial charge >= 0.3 is 0 Å². The number of rotatable bonds is 13. The van der Waals surface area contributed by atoms with Crippen LogP contribution in [0.4, 0.5) is 11.4 Å². The fourth-order valence-electron chi connectivity index (χ4n) is 4.23. The van der Waals surface area contributed by atoms with E-state index in [-0.39, 0.29) is 11.6 Å². The molecule has 238 valence electrons. The molecule has 11 heteroatoms. The smallest absolute Gasteiger partial charge is 0.272 e. The SMILES string of the molecule is COc1cc(NC(=O)C(C)Sc2ccc(NC(=O)/C(=C/c3ccc(OC)cc3OC)NC(=O)c3ccccc3)cc2)cc(OC)c1. The molecule has 0 saturated carbocycles. The fraction of sp³-hybridized carbons (Fsp3) is 0.171. The molecular formula is C35H35N3O7S. The van der Waals surface area contributed by atoms with Gasteiger partial charge in [0.2, 0.25) is 5.91 Å². The highest BCUT2D eigenvalue weighted by atomic mass is 32.2. The number of ether oxygens (including phenoxy) is 4. The average molecular weight is 642 g/mol. The Bertz CT molecular complexity index is 1690. The van der Waals surface area contributed by atoms with Crippen LogP contribution in [0.5, 0.6) is 23.0 Å². The standard InChI is InChI=1S/C35H35N3O7S/c1-22(33(39)37-26-18-28(43-3)20-29(19-26)44-4)46-30-15-12-25(13-16-30)36-35(41)31(38-34(40)23-9-7-6-8-10-23)17-24-11-14-27(42-2)21-32(24)45-5/h6-22H,1-5H3,(H,36,41)(H,37,39)(H,38,40)/b31-17-. The van der Waals surface area contributed by atoms with Crippen LogP contribution in [0.15, 0.2) is 102 Å². The lowest BCUT2D eigenvalue weighted by Gasteiger charge is -2.15. The summed E-state index contributed by atoms with van der Waals surface area (Å²) in [5, 5.41) is 8.02. The lowest BCUT2D eigenvalue weighted by Crippen LogP contribution is -2.30. The van der Waals surface area contributed by atoms with E-state index in [0.29, 0.717) is 45.5 Å². The first-order valence-electron chi connectivity index (χ1n) is 14.1. The number of anilines is 2. The molecule has 0 heterocycles. The van der Waals surface area contributed by atoms with Crippen molar-refractivity contribution in [2.75, 3.05) is 39.1 Å². The lowest BCUT2D eigenvalue weighted by atomic mass is 10.1. The van der Waals surface area contributed by atoms with Crippen LogP contribution in [-0.4, -0.2) is 51.4 Å². The van der Waals surface area contributed by atoms with Gasteiger partial charge in [-0.1, -0.05) is 18.2 Å². The Balaban J connectivity index is 1.47. The zero-order valence-corrected chi connectivity index (χ0v) is 26.9. The molecule has 3 N–H and O–H groups in total. The summed E-state index contributed by atoms with van der Waals surface area (Å²) in [7, 11) is 6.14. The van der Waals surface area contributed by atoms with Gasteiger partial charge in [0.1, 0.15) is 28.7 Å². The van der Waals surface area contributed by atoms with Gasteiger partial charge in [-0.15, -0.1) is 11.8 Å². The molecule has 1 atom stereocenters. The summed E-state index contributed by atoms with van der Waals surface area (Å²) in [6.45, 7) is 1.80. The van der Waals surface area contributed by atoms with Crippen molar-refractivity contribution in [3.63, 3.8) is 0 Å². The second kappa shape index (κ2) is 16.1. The minimum atomic E-state index is -0.538. The topological polar surface area (TPSA) is 124 Å². The number of carbonyl (C=O) groups excluding carboxylic acids is 3. The van der Waals surface area contributed by atoms with Crippen molar-refractivity contribution in [1.82, 2.24) is 5.32 Å². The van der Waals surface area contributed by atoms with Crippen molar-refractivity contribution in [2.24, 2.45) is 0 Å². The van der Waals surface area contributed by atoms with Crippen molar-refractivity contribution < 1.29 is 33.3 Å². The third kappa shape index (κ3) is 9.05. The van der Waals surface area contributed by atoms with E-state index < -0.39 is 17.1 Å². The van der Waals surface area contributed by atoms with Gasteiger partial charge in [0.25, 0.3) is 11.8 Å². The number of benzene rings is 4. The van der Waals surface area contributed by atoms with E-state index in [9.17, 15) is 14.4 Å². The second-order valence-electron chi connectivity index (χ2n) is 9.82. The number of carbonyl (C=O) groups is 3. The summed E-state index contributed by atoms with van der Waals surface area (Å²) in [6, 6.07) is 25.9. The molecule has 1 unspecified atom stereocenters. The number of thioether (sulfide) groups is 1. The largest absolute Gasteiger partial charge is 0.497 e. The third-order valence-electron chi connectivity index (χ3n) is 6.68. The van der Waals surface area contributed by atoms with Crippen LogP contribution in [0.3, 0.4) is 0 Å². The lowest BCUT2D eigenvalue weighted by molar-refractivity contribution is -0.115. The molecule has 0 aromatic heterocycles. The first kappa shape index (κ1) is 33.5. The van der Waals surface area contributed by atoms with Crippen LogP contribution in [-0.2, 0) is 9.59 Å². The van der Waals surface area contributed by atoms with E-state index >= 15 is 0 Å². The molecule has 0 aliphatic rings. The minimum absolute atomic E-state index is 0.00948. The Hall–Kier alpha value is -5.42. The highest BCUT2D eigenvalue weighted by Crippen LogP contribution is 2.29. The molecule has 4 aromatic carbocycles. The van der Waals surface area contributed by atoms with Crippen LogP contribution in [0, 0.1) is 0 Å². The predicted molar refractivity (Wildman–Crippen MR) is 180 cm³/mol. The zero-order valence-electron chi connectivity index (χ0n) is 26.1.